The lowest BCUT2D eigenvalue weighted by Gasteiger charge is -1.91. The first kappa shape index (κ1) is 6.80. The van der Waals surface area contributed by atoms with Gasteiger partial charge in [0.25, 0.3) is 0 Å². The van der Waals surface area contributed by atoms with Crippen LogP contribution in [0.1, 0.15) is 5.56 Å². The molecule has 4 heteroatoms. The third kappa shape index (κ3) is 2.18. The van der Waals surface area contributed by atoms with E-state index in [0.29, 0.717) is 6.32 Å². The topological polar surface area (TPSA) is 40.5 Å². The van der Waals surface area contributed by atoms with E-state index in [0.717, 1.165) is 5.56 Å². The van der Waals surface area contributed by atoms with Gasteiger partial charge in [-0.1, -0.05) is 0 Å². The van der Waals surface area contributed by atoms with E-state index < -0.39 is 7.12 Å². The van der Waals surface area contributed by atoms with Crippen molar-refractivity contribution in [2.75, 3.05) is 0 Å². The summed E-state index contributed by atoms with van der Waals surface area (Å²) in [7, 11) is -1.21. The van der Waals surface area contributed by atoms with Gasteiger partial charge < -0.3 is 10.0 Å². The van der Waals surface area contributed by atoms with Crippen LogP contribution in [-0.4, -0.2) is 17.2 Å². The van der Waals surface area contributed by atoms with Crippen molar-refractivity contribution in [3.05, 3.63) is 22.4 Å². The fraction of sp³-hybridized carbons (Fsp3) is 0.200. The second kappa shape index (κ2) is 3.01. The van der Waals surface area contributed by atoms with E-state index in [-0.39, 0.29) is 0 Å². The molecule has 0 aliphatic heterocycles. The van der Waals surface area contributed by atoms with Crippen molar-refractivity contribution in [1.29, 1.82) is 0 Å². The summed E-state index contributed by atoms with van der Waals surface area (Å²) in [6, 6.07) is 1.88. The number of thiophene rings is 1. The maximum Gasteiger partial charge on any atom is 0.456 e. The van der Waals surface area contributed by atoms with Crippen LogP contribution >= 0.6 is 11.3 Å². The third-order valence-electron chi connectivity index (χ3n) is 0.998. The van der Waals surface area contributed by atoms with Crippen molar-refractivity contribution in [3.63, 3.8) is 0 Å². The average Bonchev–Trinajstić information content (AvgIpc) is 2.15. The van der Waals surface area contributed by atoms with Crippen molar-refractivity contribution in [1.82, 2.24) is 0 Å². The molecule has 0 unspecified atom stereocenters. The molecule has 0 saturated heterocycles. The summed E-state index contributed by atoms with van der Waals surface area (Å²) in [6.45, 7) is 0. The predicted octanol–water partition coefficient (Wildman–Crippen LogP) is 0.303. The van der Waals surface area contributed by atoms with E-state index >= 15 is 0 Å². The molecule has 0 fully saturated rings. The summed E-state index contributed by atoms with van der Waals surface area (Å²) < 4.78 is 0. The van der Waals surface area contributed by atoms with Gasteiger partial charge in [0.05, 0.1) is 0 Å². The van der Waals surface area contributed by atoms with Crippen molar-refractivity contribution < 1.29 is 10.0 Å². The molecule has 1 aromatic rings. The minimum Gasteiger partial charge on any atom is -0.427 e. The zero-order chi connectivity index (χ0) is 6.69. The Hall–Kier alpha value is -0.315. The minimum atomic E-state index is -1.21. The molecule has 0 bridgehead atoms. The Balaban J connectivity index is 2.48. The smallest absolute Gasteiger partial charge is 0.427 e. The summed E-state index contributed by atoms with van der Waals surface area (Å²) in [5.74, 6) is 0. The van der Waals surface area contributed by atoms with Crippen LogP contribution in [0.5, 0.6) is 0 Å². The second-order valence-electron chi connectivity index (χ2n) is 1.82. The van der Waals surface area contributed by atoms with Gasteiger partial charge >= 0.3 is 7.12 Å². The molecule has 1 aromatic heterocycles. The molecule has 0 spiro atoms. The Bertz CT molecular complexity index is 161. The molecule has 0 aromatic carbocycles. The maximum absolute atomic E-state index is 8.48. The molecule has 1 rings (SSSR count). The van der Waals surface area contributed by atoms with Gasteiger partial charge in [-0.3, -0.25) is 0 Å². The van der Waals surface area contributed by atoms with Gasteiger partial charge in [-0.15, -0.1) is 0 Å². The average molecular weight is 142 g/mol. The Morgan fingerprint density at radius 2 is 2.33 bits per heavy atom. The van der Waals surface area contributed by atoms with Crippen LogP contribution in [0.15, 0.2) is 16.8 Å². The number of hydrogen-bond donors (Lipinski definition) is 2. The maximum atomic E-state index is 8.48. The Kier molecular flexibility index (Phi) is 2.27. The van der Waals surface area contributed by atoms with E-state index in [1.807, 2.05) is 16.8 Å². The molecule has 0 saturated carbocycles. The van der Waals surface area contributed by atoms with Gasteiger partial charge in [-0.05, 0) is 22.4 Å². The summed E-state index contributed by atoms with van der Waals surface area (Å²) in [5.41, 5.74) is 0.981. The lowest BCUT2D eigenvalue weighted by atomic mass is 9.83. The molecular formula is C5H7BO2S. The number of rotatable bonds is 2. The molecule has 9 heavy (non-hydrogen) atoms. The highest BCUT2D eigenvalue weighted by Crippen LogP contribution is 2.06. The van der Waals surface area contributed by atoms with Crippen molar-refractivity contribution in [3.8, 4) is 0 Å². The van der Waals surface area contributed by atoms with Crippen LogP contribution in [0, 0.1) is 0 Å². The summed E-state index contributed by atoms with van der Waals surface area (Å²) in [6.07, 6.45) is 0.337. The van der Waals surface area contributed by atoms with Crippen LogP contribution < -0.4 is 0 Å². The zero-order valence-electron chi connectivity index (χ0n) is 4.82. The quantitative estimate of drug-likeness (QED) is 0.583. The second-order valence-corrected chi connectivity index (χ2v) is 2.60. The largest absolute Gasteiger partial charge is 0.456 e. The minimum absolute atomic E-state index is 0.337. The Morgan fingerprint density at radius 3 is 2.78 bits per heavy atom. The highest BCUT2D eigenvalue weighted by atomic mass is 32.1. The Labute approximate surface area is 57.9 Å². The van der Waals surface area contributed by atoms with Crippen molar-refractivity contribution >= 4 is 18.5 Å². The normalized spacial score (nSPS) is 9.56. The number of hydrogen-bond acceptors (Lipinski definition) is 3. The molecule has 1 heterocycles. The molecular weight excluding hydrogens is 135 g/mol. The SMILES string of the molecule is OB(O)Cc1ccsc1. The molecule has 0 aliphatic carbocycles. The zero-order valence-corrected chi connectivity index (χ0v) is 5.64. The standard InChI is InChI=1S/C5H7BO2S/c7-6(8)3-5-1-2-9-4-5/h1-2,4,7-8H,3H2. The molecule has 0 radical (unpaired) electrons. The highest BCUT2D eigenvalue weighted by molar-refractivity contribution is 7.08. The summed E-state index contributed by atoms with van der Waals surface area (Å²) in [5, 5.41) is 20.8. The monoisotopic (exact) mass is 142 g/mol. The third-order valence-corrected chi connectivity index (χ3v) is 1.73. The predicted molar refractivity (Wildman–Crippen MR) is 38.2 cm³/mol. The molecule has 0 aliphatic rings. The van der Waals surface area contributed by atoms with Gasteiger partial charge in [0.1, 0.15) is 0 Å². The molecule has 0 amide bonds. The first-order valence-electron chi connectivity index (χ1n) is 2.66. The van der Waals surface area contributed by atoms with Gasteiger partial charge in [0.15, 0.2) is 0 Å². The summed E-state index contributed by atoms with van der Waals surface area (Å²) in [4.78, 5) is 0. The van der Waals surface area contributed by atoms with Crippen LogP contribution in [0.3, 0.4) is 0 Å². The van der Waals surface area contributed by atoms with Crippen molar-refractivity contribution in [2.45, 2.75) is 6.32 Å². The van der Waals surface area contributed by atoms with Crippen LogP contribution in [0.2, 0.25) is 0 Å². The molecule has 0 atom stereocenters. The van der Waals surface area contributed by atoms with Gasteiger partial charge in [-0.25, -0.2) is 0 Å². The van der Waals surface area contributed by atoms with Crippen LogP contribution in [0.25, 0.3) is 0 Å². The Morgan fingerprint density at radius 1 is 1.56 bits per heavy atom. The fourth-order valence-corrected chi connectivity index (χ4v) is 1.30. The van der Waals surface area contributed by atoms with E-state index in [4.69, 9.17) is 10.0 Å². The lowest BCUT2D eigenvalue weighted by molar-refractivity contribution is 0.405. The molecule has 48 valence electrons. The lowest BCUT2D eigenvalue weighted by Crippen LogP contribution is -2.14. The highest BCUT2D eigenvalue weighted by Gasteiger charge is 2.06. The summed E-state index contributed by atoms with van der Waals surface area (Å²) >= 11 is 1.56. The van der Waals surface area contributed by atoms with E-state index in [2.05, 4.69) is 0 Å². The van der Waals surface area contributed by atoms with Crippen LogP contribution in [-0.2, 0) is 6.32 Å². The van der Waals surface area contributed by atoms with Crippen LogP contribution in [0.4, 0.5) is 0 Å². The van der Waals surface area contributed by atoms with E-state index in [1.54, 1.807) is 11.3 Å². The first-order chi connectivity index (χ1) is 4.29. The molecule has 2 N–H and O–H groups in total. The van der Waals surface area contributed by atoms with Gasteiger partial charge in [0, 0.05) is 6.32 Å². The van der Waals surface area contributed by atoms with E-state index in [1.165, 1.54) is 0 Å². The molecule has 2 nitrogen and oxygen atoms in total. The van der Waals surface area contributed by atoms with E-state index in [9.17, 15) is 0 Å². The van der Waals surface area contributed by atoms with Gasteiger partial charge in [-0.2, -0.15) is 11.3 Å². The fourth-order valence-electron chi connectivity index (χ4n) is 0.620. The first-order valence-corrected chi connectivity index (χ1v) is 3.60. The van der Waals surface area contributed by atoms with Gasteiger partial charge in [0.2, 0.25) is 0 Å². The van der Waals surface area contributed by atoms with Crippen molar-refractivity contribution in [2.24, 2.45) is 0 Å².